The number of allylic oxidation sites excluding steroid dienone is 3. The summed E-state index contributed by atoms with van der Waals surface area (Å²) in [6, 6.07) is 0. The number of hydrogen-bond acceptors (Lipinski definition) is 1. The lowest BCUT2D eigenvalue weighted by molar-refractivity contribution is -0.111. The largest absolute Gasteiger partial charge is 0.290 e. The molecule has 1 nitrogen and oxygen atoms in total. The van der Waals surface area contributed by atoms with E-state index in [-0.39, 0.29) is 11.2 Å². The van der Waals surface area contributed by atoms with Crippen molar-refractivity contribution in [3.05, 3.63) is 23.8 Å². The third kappa shape index (κ3) is 1.66. The van der Waals surface area contributed by atoms with Crippen molar-refractivity contribution in [1.29, 1.82) is 0 Å². The molecule has 0 unspecified atom stereocenters. The van der Waals surface area contributed by atoms with Crippen molar-refractivity contribution in [3.8, 4) is 0 Å². The first kappa shape index (κ1) is 11.6. The van der Waals surface area contributed by atoms with Crippen LogP contribution in [0, 0.1) is 17.3 Å². The SMILES string of the molecule is C=C1CC[C@@]2(C)C(=CC1=O)CC[C@@H]2C(C)C. The zero-order valence-corrected chi connectivity index (χ0v) is 10.7. The molecule has 1 fully saturated rings. The van der Waals surface area contributed by atoms with Gasteiger partial charge in [-0.15, -0.1) is 0 Å². The topological polar surface area (TPSA) is 17.1 Å². The zero-order chi connectivity index (χ0) is 11.9. The Hall–Kier alpha value is -0.850. The van der Waals surface area contributed by atoms with Gasteiger partial charge < -0.3 is 0 Å². The number of hydrogen-bond donors (Lipinski definition) is 0. The molecule has 1 heteroatoms. The maximum Gasteiger partial charge on any atom is 0.181 e. The molecule has 0 N–H and O–H groups in total. The van der Waals surface area contributed by atoms with Gasteiger partial charge in [-0.2, -0.15) is 0 Å². The number of ketones is 1. The summed E-state index contributed by atoms with van der Waals surface area (Å²) in [6.07, 6.45) is 6.22. The molecule has 0 aliphatic heterocycles. The van der Waals surface area contributed by atoms with E-state index in [4.69, 9.17) is 0 Å². The lowest BCUT2D eigenvalue weighted by atomic mass is 9.70. The van der Waals surface area contributed by atoms with Crippen molar-refractivity contribution in [2.24, 2.45) is 17.3 Å². The van der Waals surface area contributed by atoms with E-state index in [1.165, 1.54) is 12.0 Å². The fourth-order valence-electron chi connectivity index (χ4n) is 3.60. The molecule has 0 spiro atoms. The van der Waals surface area contributed by atoms with E-state index in [1.807, 2.05) is 6.08 Å². The highest BCUT2D eigenvalue weighted by Gasteiger charge is 2.44. The van der Waals surface area contributed by atoms with Crippen molar-refractivity contribution in [3.63, 3.8) is 0 Å². The molecular weight excluding hydrogens is 196 g/mol. The molecule has 0 amide bonds. The molecule has 16 heavy (non-hydrogen) atoms. The van der Waals surface area contributed by atoms with Gasteiger partial charge in [0, 0.05) is 0 Å². The van der Waals surface area contributed by atoms with Crippen molar-refractivity contribution in [1.82, 2.24) is 0 Å². The summed E-state index contributed by atoms with van der Waals surface area (Å²) in [5, 5.41) is 0. The van der Waals surface area contributed by atoms with Gasteiger partial charge in [0.25, 0.3) is 0 Å². The van der Waals surface area contributed by atoms with Crippen LogP contribution in [0.2, 0.25) is 0 Å². The molecule has 0 saturated heterocycles. The molecule has 0 aromatic carbocycles. The Morgan fingerprint density at radius 2 is 2.12 bits per heavy atom. The van der Waals surface area contributed by atoms with Crippen LogP contribution in [0.5, 0.6) is 0 Å². The second-order valence-corrected chi connectivity index (χ2v) is 5.94. The van der Waals surface area contributed by atoms with E-state index in [1.54, 1.807) is 0 Å². The normalized spacial score (nSPS) is 35.0. The lowest BCUT2D eigenvalue weighted by Crippen LogP contribution is -2.26. The van der Waals surface area contributed by atoms with Crippen LogP contribution in [0.15, 0.2) is 23.8 Å². The standard InChI is InChI=1S/C15H22O/c1-10(2)13-6-5-12-9-14(16)11(3)7-8-15(12,13)4/h9-10,13H,3,5-8H2,1-2,4H3/t13-,15+/m1/s1. The molecular formula is C15H22O. The van der Waals surface area contributed by atoms with E-state index in [0.717, 1.165) is 30.8 Å². The Balaban J connectivity index is 2.37. The highest BCUT2D eigenvalue weighted by atomic mass is 16.1. The van der Waals surface area contributed by atoms with Gasteiger partial charge in [0.05, 0.1) is 0 Å². The third-order valence-corrected chi connectivity index (χ3v) is 4.68. The van der Waals surface area contributed by atoms with Gasteiger partial charge in [0.2, 0.25) is 0 Å². The monoisotopic (exact) mass is 218 g/mol. The van der Waals surface area contributed by atoms with Gasteiger partial charge in [-0.1, -0.05) is 32.9 Å². The minimum atomic E-state index is 0.170. The fraction of sp³-hybridized carbons (Fsp3) is 0.667. The van der Waals surface area contributed by atoms with Crippen LogP contribution in [-0.4, -0.2) is 5.78 Å². The lowest BCUT2D eigenvalue weighted by Gasteiger charge is -2.35. The van der Waals surface area contributed by atoms with Crippen molar-refractivity contribution < 1.29 is 4.79 Å². The first-order chi connectivity index (χ1) is 7.45. The summed E-state index contributed by atoms with van der Waals surface area (Å²) in [7, 11) is 0. The molecule has 0 bridgehead atoms. The first-order valence-electron chi connectivity index (χ1n) is 6.38. The third-order valence-electron chi connectivity index (χ3n) is 4.68. The average Bonchev–Trinajstić information content (AvgIpc) is 2.48. The minimum absolute atomic E-state index is 0.170. The molecule has 0 aromatic heterocycles. The van der Waals surface area contributed by atoms with Crippen molar-refractivity contribution >= 4 is 5.78 Å². The summed E-state index contributed by atoms with van der Waals surface area (Å²) in [6.45, 7) is 10.9. The highest BCUT2D eigenvalue weighted by molar-refractivity contribution is 6.04. The number of carbonyl (C=O) groups excluding carboxylic acids is 1. The number of rotatable bonds is 1. The van der Waals surface area contributed by atoms with Crippen molar-refractivity contribution in [2.75, 3.05) is 0 Å². The van der Waals surface area contributed by atoms with E-state index in [2.05, 4.69) is 27.4 Å². The molecule has 0 heterocycles. The molecule has 2 atom stereocenters. The average molecular weight is 218 g/mol. The molecule has 1 saturated carbocycles. The number of fused-ring (bicyclic) bond motifs is 1. The second kappa shape index (κ2) is 3.87. The summed E-state index contributed by atoms with van der Waals surface area (Å²) in [5.41, 5.74) is 2.43. The van der Waals surface area contributed by atoms with Crippen molar-refractivity contribution in [2.45, 2.75) is 46.5 Å². The Kier molecular flexibility index (Phi) is 2.81. The smallest absolute Gasteiger partial charge is 0.181 e. The maximum absolute atomic E-state index is 11.8. The van der Waals surface area contributed by atoms with Gasteiger partial charge in [-0.05, 0) is 54.6 Å². The number of carbonyl (C=O) groups is 1. The van der Waals surface area contributed by atoms with Crippen LogP contribution in [0.4, 0.5) is 0 Å². The summed E-state index contributed by atoms with van der Waals surface area (Å²) in [5.74, 6) is 1.61. The van der Waals surface area contributed by atoms with Gasteiger partial charge in [0.1, 0.15) is 0 Å². The van der Waals surface area contributed by atoms with Crippen LogP contribution in [-0.2, 0) is 4.79 Å². The van der Waals surface area contributed by atoms with E-state index in [0.29, 0.717) is 5.92 Å². The Morgan fingerprint density at radius 1 is 1.44 bits per heavy atom. The maximum atomic E-state index is 11.8. The fourth-order valence-corrected chi connectivity index (χ4v) is 3.60. The van der Waals surface area contributed by atoms with Gasteiger partial charge in [-0.25, -0.2) is 0 Å². The quantitative estimate of drug-likeness (QED) is 0.610. The first-order valence-corrected chi connectivity index (χ1v) is 6.38. The zero-order valence-electron chi connectivity index (χ0n) is 10.7. The Bertz CT molecular complexity index is 362. The van der Waals surface area contributed by atoms with E-state index in [9.17, 15) is 4.79 Å². The van der Waals surface area contributed by atoms with Crippen LogP contribution in [0.1, 0.15) is 46.5 Å². The van der Waals surface area contributed by atoms with Gasteiger partial charge in [-0.3, -0.25) is 4.79 Å². The molecule has 88 valence electrons. The Labute approximate surface area is 98.6 Å². The highest BCUT2D eigenvalue weighted by Crippen LogP contribution is 2.54. The molecule has 2 rings (SSSR count). The second-order valence-electron chi connectivity index (χ2n) is 5.94. The summed E-state index contributed by atoms with van der Waals surface area (Å²) in [4.78, 5) is 11.8. The van der Waals surface area contributed by atoms with Gasteiger partial charge in [0.15, 0.2) is 5.78 Å². The molecule has 0 radical (unpaired) electrons. The predicted octanol–water partition coefficient (Wildman–Crippen LogP) is 3.90. The molecule has 2 aliphatic carbocycles. The van der Waals surface area contributed by atoms with Crippen LogP contribution < -0.4 is 0 Å². The van der Waals surface area contributed by atoms with Crippen LogP contribution in [0.3, 0.4) is 0 Å². The molecule has 0 aromatic rings. The predicted molar refractivity (Wildman–Crippen MR) is 67.1 cm³/mol. The van der Waals surface area contributed by atoms with Gasteiger partial charge >= 0.3 is 0 Å². The Morgan fingerprint density at radius 3 is 2.75 bits per heavy atom. The van der Waals surface area contributed by atoms with Crippen LogP contribution >= 0.6 is 0 Å². The summed E-state index contributed by atoms with van der Waals surface area (Å²) < 4.78 is 0. The minimum Gasteiger partial charge on any atom is -0.290 e. The van der Waals surface area contributed by atoms with Crippen LogP contribution in [0.25, 0.3) is 0 Å². The van der Waals surface area contributed by atoms with E-state index >= 15 is 0 Å². The van der Waals surface area contributed by atoms with E-state index < -0.39 is 0 Å². The molecule has 2 aliphatic rings. The summed E-state index contributed by atoms with van der Waals surface area (Å²) >= 11 is 0.